The minimum atomic E-state index is -4.64. The van der Waals surface area contributed by atoms with E-state index in [1.807, 2.05) is 0 Å². The summed E-state index contributed by atoms with van der Waals surface area (Å²) in [5, 5.41) is 2.34. The lowest BCUT2D eigenvalue weighted by atomic mass is 10.7. The van der Waals surface area contributed by atoms with E-state index in [0.29, 0.717) is 0 Å². The molecule has 0 unspecified atom stereocenters. The summed E-state index contributed by atoms with van der Waals surface area (Å²) in [6.45, 7) is -0.264. The Morgan fingerprint density at radius 1 is 1.70 bits per heavy atom. The van der Waals surface area contributed by atoms with Crippen molar-refractivity contribution in [1.29, 1.82) is 0 Å². The zero-order valence-electron chi connectivity index (χ0n) is 5.20. The SMILES string of the molecule is CNCC(=O)OS(=O)(=O)O. The van der Waals surface area contributed by atoms with Gasteiger partial charge >= 0.3 is 16.4 Å². The maximum absolute atomic E-state index is 10.2. The predicted molar refractivity (Wildman–Crippen MR) is 31.6 cm³/mol. The second kappa shape index (κ2) is 3.49. The Kier molecular flexibility index (Phi) is 3.26. The molecule has 0 aromatic rings. The Labute approximate surface area is 58.1 Å². The highest BCUT2D eigenvalue weighted by Crippen LogP contribution is 1.85. The first-order valence-electron chi connectivity index (χ1n) is 2.30. The van der Waals surface area contributed by atoms with Gasteiger partial charge in [-0.3, -0.25) is 4.55 Å². The molecule has 0 atom stereocenters. The molecule has 0 fully saturated rings. The van der Waals surface area contributed by atoms with Crippen LogP contribution in [0.1, 0.15) is 0 Å². The third kappa shape index (κ3) is 5.48. The molecule has 0 aliphatic rings. The fourth-order valence-corrected chi connectivity index (χ4v) is 0.585. The summed E-state index contributed by atoms with van der Waals surface area (Å²) in [4.78, 5) is 10.2. The Morgan fingerprint density at radius 2 is 2.20 bits per heavy atom. The van der Waals surface area contributed by atoms with Gasteiger partial charge in [0.05, 0.1) is 6.54 Å². The Balaban J connectivity index is 3.82. The molecule has 0 amide bonds. The first-order chi connectivity index (χ1) is 4.45. The highest BCUT2D eigenvalue weighted by atomic mass is 32.3. The Hall–Kier alpha value is -0.660. The van der Waals surface area contributed by atoms with E-state index >= 15 is 0 Å². The molecule has 0 spiro atoms. The summed E-state index contributed by atoms with van der Waals surface area (Å²) in [5.74, 6) is -1.05. The van der Waals surface area contributed by atoms with E-state index in [2.05, 4.69) is 9.50 Å². The van der Waals surface area contributed by atoms with E-state index in [1.54, 1.807) is 0 Å². The zero-order chi connectivity index (χ0) is 8.20. The summed E-state index contributed by atoms with van der Waals surface area (Å²) in [7, 11) is -3.20. The third-order valence-electron chi connectivity index (χ3n) is 0.519. The van der Waals surface area contributed by atoms with E-state index in [4.69, 9.17) is 4.55 Å². The van der Waals surface area contributed by atoms with Gasteiger partial charge < -0.3 is 9.50 Å². The average Bonchev–Trinajstić information content (AvgIpc) is 1.59. The Bertz CT molecular complexity index is 207. The van der Waals surface area contributed by atoms with Crippen molar-refractivity contribution in [2.75, 3.05) is 13.6 Å². The van der Waals surface area contributed by atoms with E-state index in [1.165, 1.54) is 7.05 Å². The molecule has 0 radical (unpaired) electrons. The van der Waals surface area contributed by atoms with Crippen molar-refractivity contribution < 1.29 is 21.9 Å². The van der Waals surface area contributed by atoms with Gasteiger partial charge in [-0.1, -0.05) is 0 Å². The van der Waals surface area contributed by atoms with Gasteiger partial charge in [0.15, 0.2) is 0 Å². The molecule has 0 aromatic carbocycles. The van der Waals surface area contributed by atoms with Crippen molar-refractivity contribution >= 4 is 16.4 Å². The smallest absolute Gasteiger partial charge is 0.324 e. The predicted octanol–water partition coefficient (Wildman–Crippen LogP) is -1.45. The zero-order valence-corrected chi connectivity index (χ0v) is 6.01. The van der Waals surface area contributed by atoms with Crippen molar-refractivity contribution in [2.24, 2.45) is 0 Å². The van der Waals surface area contributed by atoms with Gasteiger partial charge in [-0.15, -0.1) is 0 Å². The highest BCUT2D eigenvalue weighted by molar-refractivity contribution is 7.81. The fraction of sp³-hybridized carbons (Fsp3) is 0.667. The van der Waals surface area contributed by atoms with Gasteiger partial charge in [-0.2, -0.15) is 8.42 Å². The van der Waals surface area contributed by atoms with Crippen molar-refractivity contribution in [1.82, 2.24) is 5.32 Å². The normalized spacial score (nSPS) is 11.0. The van der Waals surface area contributed by atoms with Crippen LogP contribution in [-0.4, -0.2) is 32.5 Å². The van der Waals surface area contributed by atoms with Gasteiger partial charge in [0.1, 0.15) is 0 Å². The Morgan fingerprint density at radius 3 is 2.50 bits per heavy atom. The van der Waals surface area contributed by atoms with Gasteiger partial charge in [-0.05, 0) is 7.05 Å². The number of hydrogen-bond acceptors (Lipinski definition) is 5. The number of carbonyl (C=O) groups excluding carboxylic acids is 1. The number of rotatable bonds is 3. The van der Waals surface area contributed by atoms with E-state index < -0.39 is 16.4 Å². The molecule has 10 heavy (non-hydrogen) atoms. The first-order valence-corrected chi connectivity index (χ1v) is 3.66. The summed E-state index contributed by atoms with van der Waals surface area (Å²) >= 11 is 0. The maximum atomic E-state index is 10.2. The summed E-state index contributed by atoms with van der Waals surface area (Å²) < 4.78 is 31.0. The molecule has 2 N–H and O–H groups in total. The van der Waals surface area contributed by atoms with Crippen molar-refractivity contribution in [3.8, 4) is 0 Å². The number of hydrogen-bond donors (Lipinski definition) is 2. The molecular formula is C3H7NO5S. The van der Waals surface area contributed by atoms with Crippen LogP contribution in [0.5, 0.6) is 0 Å². The lowest BCUT2D eigenvalue weighted by Crippen LogP contribution is -2.23. The molecule has 0 aliphatic heterocycles. The van der Waals surface area contributed by atoms with Crippen LogP contribution in [0.3, 0.4) is 0 Å². The molecule has 0 saturated carbocycles. The molecule has 0 bridgehead atoms. The van der Waals surface area contributed by atoms with Gasteiger partial charge in [0, 0.05) is 0 Å². The molecule has 60 valence electrons. The van der Waals surface area contributed by atoms with Crippen LogP contribution in [0.15, 0.2) is 0 Å². The van der Waals surface area contributed by atoms with Crippen LogP contribution in [0.4, 0.5) is 0 Å². The van der Waals surface area contributed by atoms with Crippen LogP contribution in [0.2, 0.25) is 0 Å². The quantitative estimate of drug-likeness (QED) is 0.502. The third-order valence-corrected chi connectivity index (χ3v) is 0.916. The lowest BCUT2D eigenvalue weighted by Gasteiger charge is -1.96. The molecule has 6 nitrogen and oxygen atoms in total. The van der Waals surface area contributed by atoms with Crippen LogP contribution in [-0.2, 0) is 19.4 Å². The number of nitrogens with one attached hydrogen (secondary N) is 1. The molecule has 0 aliphatic carbocycles. The highest BCUT2D eigenvalue weighted by Gasteiger charge is 2.10. The van der Waals surface area contributed by atoms with Crippen molar-refractivity contribution in [2.45, 2.75) is 0 Å². The molecular weight excluding hydrogens is 162 g/mol. The van der Waals surface area contributed by atoms with E-state index in [-0.39, 0.29) is 6.54 Å². The van der Waals surface area contributed by atoms with Gasteiger partial charge in [0.25, 0.3) is 0 Å². The fourth-order valence-electron chi connectivity index (χ4n) is 0.291. The summed E-state index contributed by atoms with van der Waals surface area (Å²) in [6.07, 6.45) is 0. The molecule has 0 heterocycles. The van der Waals surface area contributed by atoms with Crippen LogP contribution in [0.25, 0.3) is 0 Å². The van der Waals surface area contributed by atoms with Gasteiger partial charge in [-0.25, -0.2) is 4.79 Å². The second-order valence-corrected chi connectivity index (χ2v) is 2.44. The number of carbonyl (C=O) groups is 1. The van der Waals surface area contributed by atoms with Gasteiger partial charge in [0.2, 0.25) is 0 Å². The van der Waals surface area contributed by atoms with Crippen molar-refractivity contribution in [3.05, 3.63) is 0 Å². The molecule has 0 aromatic heterocycles. The lowest BCUT2D eigenvalue weighted by molar-refractivity contribution is -0.133. The molecule has 0 rings (SSSR count). The summed E-state index contributed by atoms with van der Waals surface area (Å²) in [6, 6.07) is 0. The number of likely N-dealkylation sites (N-methyl/N-ethyl adjacent to an activating group) is 1. The summed E-state index contributed by atoms with van der Waals surface area (Å²) in [5.41, 5.74) is 0. The minimum absolute atomic E-state index is 0.264. The monoisotopic (exact) mass is 169 g/mol. The minimum Gasteiger partial charge on any atom is -0.324 e. The van der Waals surface area contributed by atoms with Crippen molar-refractivity contribution in [3.63, 3.8) is 0 Å². The molecule has 7 heteroatoms. The maximum Gasteiger partial charge on any atom is 0.449 e. The molecule has 0 saturated heterocycles. The second-order valence-electron chi connectivity index (χ2n) is 1.41. The van der Waals surface area contributed by atoms with Crippen LogP contribution < -0.4 is 5.32 Å². The van der Waals surface area contributed by atoms with Crippen LogP contribution >= 0.6 is 0 Å². The van der Waals surface area contributed by atoms with E-state index in [0.717, 1.165) is 0 Å². The topological polar surface area (TPSA) is 92.7 Å². The largest absolute Gasteiger partial charge is 0.449 e. The van der Waals surface area contributed by atoms with E-state index in [9.17, 15) is 13.2 Å². The average molecular weight is 169 g/mol. The van der Waals surface area contributed by atoms with Crippen LogP contribution in [0, 0.1) is 0 Å². The first kappa shape index (κ1) is 9.34. The standard InChI is InChI=1S/C3H7NO5S/c1-4-2-3(5)9-10(6,7)8/h4H,2H2,1H3,(H,6,7,8).